The molecule has 0 spiro atoms. The Morgan fingerprint density at radius 1 is 1.04 bits per heavy atom. The molecule has 0 radical (unpaired) electrons. The largest absolute Gasteiger partial charge is 0.301 e. The third-order valence-corrected chi connectivity index (χ3v) is 4.37. The molecule has 28 heavy (non-hydrogen) atoms. The van der Waals surface area contributed by atoms with Gasteiger partial charge in [-0.2, -0.15) is 4.98 Å². The van der Waals surface area contributed by atoms with Crippen LogP contribution in [-0.2, 0) is 6.54 Å². The fourth-order valence-corrected chi connectivity index (χ4v) is 3.05. The Labute approximate surface area is 161 Å². The number of rotatable bonds is 4. The highest BCUT2D eigenvalue weighted by Gasteiger charge is 2.21. The van der Waals surface area contributed by atoms with Crippen molar-refractivity contribution in [1.82, 2.24) is 19.6 Å². The van der Waals surface area contributed by atoms with E-state index in [0.29, 0.717) is 22.9 Å². The van der Waals surface area contributed by atoms with Crippen LogP contribution in [0.3, 0.4) is 0 Å². The highest BCUT2D eigenvalue weighted by atomic mass is 19.1. The van der Waals surface area contributed by atoms with Gasteiger partial charge in [0.2, 0.25) is 0 Å². The number of nitrogens with zero attached hydrogens (tertiary/aromatic N) is 5. The van der Waals surface area contributed by atoms with Crippen molar-refractivity contribution in [3.63, 3.8) is 0 Å². The zero-order valence-corrected chi connectivity index (χ0v) is 15.5. The van der Waals surface area contributed by atoms with Crippen LogP contribution < -0.4 is 4.90 Å². The number of benzene rings is 2. The van der Waals surface area contributed by atoms with Crippen LogP contribution in [-0.4, -0.2) is 25.5 Å². The summed E-state index contributed by atoms with van der Waals surface area (Å²) in [6.45, 7) is 4.00. The summed E-state index contributed by atoms with van der Waals surface area (Å²) in [5.41, 5.74) is 2.86. The van der Waals surface area contributed by atoms with E-state index in [2.05, 4.69) is 15.1 Å². The first kappa shape index (κ1) is 17.8. The molecule has 2 aromatic carbocycles. The molecule has 2 heterocycles. The topological polar surface area (TPSA) is 63.4 Å². The molecule has 0 saturated heterocycles. The lowest BCUT2D eigenvalue weighted by Crippen LogP contribution is -2.31. The minimum Gasteiger partial charge on any atom is -0.301 e. The van der Waals surface area contributed by atoms with Gasteiger partial charge in [0.15, 0.2) is 5.82 Å². The molecule has 0 bridgehead atoms. The second-order valence-electron chi connectivity index (χ2n) is 6.51. The molecule has 0 saturated carbocycles. The van der Waals surface area contributed by atoms with Crippen molar-refractivity contribution < 1.29 is 9.18 Å². The van der Waals surface area contributed by atoms with Crippen LogP contribution in [0.15, 0.2) is 60.7 Å². The Kier molecular flexibility index (Phi) is 4.57. The Balaban J connectivity index is 1.73. The summed E-state index contributed by atoms with van der Waals surface area (Å²) in [7, 11) is 0. The zero-order valence-electron chi connectivity index (χ0n) is 15.5. The van der Waals surface area contributed by atoms with Crippen LogP contribution in [0.5, 0.6) is 0 Å². The molecule has 0 fully saturated rings. The maximum absolute atomic E-state index is 13.3. The number of fused-ring (bicyclic) bond motifs is 1. The number of halogens is 1. The van der Waals surface area contributed by atoms with Crippen molar-refractivity contribution in [2.45, 2.75) is 20.4 Å². The average Bonchev–Trinajstić information content (AvgIpc) is 3.10. The van der Waals surface area contributed by atoms with E-state index in [-0.39, 0.29) is 18.3 Å². The average molecular weight is 375 g/mol. The van der Waals surface area contributed by atoms with Gasteiger partial charge in [0.1, 0.15) is 5.82 Å². The third-order valence-electron chi connectivity index (χ3n) is 4.37. The first-order chi connectivity index (χ1) is 13.5. The number of anilines is 1. The molecule has 6 nitrogen and oxygen atoms in total. The highest BCUT2D eigenvalue weighted by Crippen LogP contribution is 2.20. The Morgan fingerprint density at radius 2 is 1.75 bits per heavy atom. The number of carbonyl (C=O) groups excluding carboxylic acids is 1. The van der Waals surface area contributed by atoms with E-state index in [9.17, 15) is 9.18 Å². The van der Waals surface area contributed by atoms with Crippen molar-refractivity contribution in [1.29, 1.82) is 0 Å². The minimum absolute atomic E-state index is 0.169. The summed E-state index contributed by atoms with van der Waals surface area (Å²) in [5, 5.41) is 4.50. The van der Waals surface area contributed by atoms with Gasteiger partial charge in [-0.05, 0) is 56.3 Å². The Hall–Kier alpha value is -3.61. The molecule has 0 unspecified atom stereocenters. The van der Waals surface area contributed by atoms with E-state index in [1.54, 1.807) is 9.42 Å². The van der Waals surface area contributed by atoms with Gasteiger partial charge in [0, 0.05) is 22.6 Å². The van der Waals surface area contributed by atoms with Gasteiger partial charge >= 0.3 is 0 Å². The maximum Gasteiger partial charge on any atom is 0.258 e. The molecule has 1 amide bonds. The molecule has 0 aliphatic rings. The maximum atomic E-state index is 13.3. The lowest BCUT2D eigenvalue weighted by atomic mass is 10.1. The summed E-state index contributed by atoms with van der Waals surface area (Å²) in [6, 6.07) is 16.7. The summed E-state index contributed by atoms with van der Waals surface area (Å²) in [4.78, 5) is 23.6. The second-order valence-corrected chi connectivity index (χ2v) is 6.51. The van der Waals surface area contributed by atoms with E-state index in [1.165, 1.54) is 24.3 Å². The number of carbonyl (C=O) groups is 1. The molecule has 2 aromatic heterocycles. The van der Waals surface area contributed by atoms with E-state index in [0.717, 1.165) is 11.4 Å². The van der Waals surface area contributed by atoms with Crippen molar-refractivity contribution in [2.24, 2.45) is 0 Å². The van der Waals surface area contributed by atoms with Gasteiger partial charge in [0.25, 0.3) is 11.7 Å². The summed E-state index contributed by atoms with van der Waals surface area (Å²) in [6.07, 6.45) is 0. The normalized spacial score (nSPS) is 11.0. The fraction of sp³-hybridized carbons (Fsp3) is 0.143. The summed E-state index contributed by atoms with van der Waals surface area (Å²) < 4.78 is 14.9. The lowest BCUT2D eigenvalue weighted by Gasteiger charge is -2.21. The monoisotopic (exact) mass is 375 g/mol. The molecule has 4 rings (SSSR count). The molecule has 0 aliphatic carbocycles. The Bertz CT molecular complexity index is 1140. The van der Waals surface area contributed by atoms with Crippen LogP contribution in [0.2, 0.25) is 0 Å². The zero-order chi connectivity index (χ0) is 19.7. The first-order valence-corrected chi connectivity index (χ1v) is 8.83. The molecule has 0 N–H and O–H groups in total. The SMILES string of the molecule is Cc1cc(C)n2nc(CN(C(=O)c3ccc(F)cc3)c3ccccc3)nc2n1. The summed E-state index contributed by atoms with van der Waals surface area (Å²) in [5.74, 6) is 0.322. The van der Waals surface area contributed by atoms with Gasteiger partial charge in [-0.3, -0.25) is 4.79 Å². The van der Waals surface area contributed by atoms with Crippen molar-refractivity contribution in [3.8, 4) is 0 Å². The smallest absolute Gasteiger partial charge is 0.258 e. The number of amides is 1. The standard InChI is InChI=1S/C21H18FN5O/c1-14-12-15(2)27-21(23-14)24-19(25-27)13-26(18-6-4-3-5-7-18)20(28)16-8-10-17(22)11-9-16/h3-12H,13H2,1-2H3. The Morgan fingerprint density at radius 3 is 2.46 bits per heavy atom. The van der Waals surface area contributed by atoms with Crippen molar-refractivity contribution >= 4 is 17.4 Å². The highest BCUT2D eigenvalue weighted by molar-refractivity contribution is 6.05. The van der Waals surface area contributed by atoms with Gasteiger partial charge in [-0.1, -0.05) is 18.2 Å². The van der Waals surface area contributed by atoms with Gasteiger partial charge in [0.05, 0.1) is 6.54 Å². The van der Waals surface area contributed by atoms with Crippen LogP contribution in [0.25, 0.3) is 5.78 Å². The number of aryl methyl sites for hydroxylation is 2. The quantitative estimate of drug-likeness (QED) is 0.545. The van der Waals surface area contributed by atoms with E-state index < -0.39 is 0 Å². The van der Waals surface area contributed by atoms with E-state index in [1.807, 2.05) is 50.2 Å². The van der Waals surface area contributed by atoms with Crippen LogP contribution in [0.1, 0.15) is 27.6 Å². The minimum atomic E-state index is -0.387. The predicted octanol–water partition coefficient (Wildman–Crippen LogP) is 3.73. The number of hydrogen-bond acceptors (Lipinski definition) is 4. The van der Waals surface area contributed by atoms with Crippen LogP contribution in [0.4, 0.5) is 10.1 Å². The van der Waals surface area contributed by atoms with Gasteiger partial charge in [-0.25, -0.2) is 13.9 Å². The number of hydrogen-bond donors (Lipinski definition) is 0. The fourth-order valence-electron chi connectivity index (χ4n) is 3.05. The van der Waals surface area contributed by atoms with E-state index >= 15 is 0 Å². The predicted molar refractivity (Wildman–Crippen MR) is 104 cm³/mol. The van der Waals surface area contributed by atoms with Crippen molar-refractivity contribution in [3.05, 3.63) is 89.3 Å². The van der Waals surface area contributed by atoms with Gasteiger partial charge in [-0.15, -0.1) is 5.10 Å². The third kappa shape index (κ3) is 3.46. The van der Waals surface area contributed by atoms with Gasteiger partial charge < -0.3 is 4.90 Å². The molecule has 7 heteroatoms. The van der Waals surface area contributed by atoms with Crippen molar-refractivity contribution in [2.75, 3.05) is 4.90 Å². The molecular formula is C21H18FN5O. The molecule has 0 atom stereocenters. The van der Waals surface area contributed by atoms with E-state index in [4.69, 9.17) is 0 Å². The molecular weight excluding hydrogens is 357 g/mol. The second kappa shape index (κ2) is 7.19. The summed E-state index contributed by atoms with van der Waals surface area (Å²) >= 11 is 0. The van der Waals surface area contributed by atoms with Crippen LogP contribution in [0, 0.1) is 19.7 Å². The van der Waals surface area contributed by atoms with Crippen LogP contribution >= 0.6 is 0 Å². The molecule has 0 aliphatic heterocycles. The lowest BCUT2D eigenvalue weighted by molar-refractivity contribution is 0.0984. The first-order valence-electron chi connectivity index (χ1n) is 8.83. The molecule has 140 valence electrons. The number of para-hydroxylation sites is 1. The molecule has 4 aromatic rings. The number of aromatic nitrogens is 4.